The van der Waals surface area contributed by atoms with E-state index in [9.17, 15) is 13.5 Å². The van der Waals surface area contributed by atoms with E-state index in [1.165, 1.54) is 29.7 Å². The van der Waals surface area contributed by atoms with E-state index in [2.05, 4.69) is 0 Å². The van der Waals surface area contributed by atoms with E-state index in [-0.39, 0.29) is 4.90 Å². The summed E-state index contributed by atoms with van der Waals surface area (Å²) in [5.74, 6) is 0. The number of sulfone groups is 1. The summed E-state index contributed by atoms with van der Waals surface area (Å²) in [5.41, 5.74) is 1.29. The summed E-state index contributed by atoms with van der Waals surface area (Å²) in [6.07, 6.45) is -0.819. The van der Waals surface area contributed by atoms with E-state index < -0.39 is 15.9 Å². The van der Waals surface area contributed by atoms with Gasteiger partial charge in [-0.25, -0.2) is 8.42 Å². The molecule has 2 aromatic rings. The Morgan fingerprint density at radius 3 is 2.00 bits per heavy atom. The molecule has 0 saturated heterocycles. The average Bonchev–Trinajstić information content (AvgIpc) is 2.47. The van der Waals surface area contributed by atoms with Crippen molar-refractivity contribution < 1.29 is 13.5 Å². The van der Waals surface area contributed by atoms with Gasteiger partial charge in [-0.15, -0.1) is 0 Å². The van der Waals surface area contributed by atoms with E-state index in [1.54, 1.807) is 12.1 Å². The highest BCUT2D eigenvalue weighted by Gasteiger charge is 2.14. The molecule has 0 aliphatic carbocycles. The molecular weight excluding hydrogens is 262 g/mol. The minimum atomic E-state index is -3.88. The number of hydrogen-bond donors (Lipinski definition) is 1. The van der Waals surface area contributed by atoms with Crippen LogP contribution < -0.4 is 0 Å². The van der Waals surface area contributed by atoms with E-state index in [0.717, 1.165) is 5.56 Å². The first-order chi connectivity index (χ1) is 9.04. The lowest BCUT2D eigenvalue weighted by molar-refractivity contribution is 0.220. The lowest BCUT2D eigenvalue weighted by Gasteiger charge is -2.11. The first-order valence-corrected chi connectivity index (χ1v) is 7.02. The van der Waals surface area contributed by atoms with Crippen molar-refractivity contribution in [1.29, 1.82) is 5.26 Å². The number of aliphatic hydroxyl groups excluding tert-OH is 1. The van der Waals surface area contributed by atoms with E-state index in [0.29, 0.717) is 5.56 Å². The molecule has 1 N–H and O–H groups in total. The van der Waals surface area contributed by atoms with Gasteiger partial charge >= 0.3 is 0 Å². The molecule has 96 valence electrons. The van der Waals surface area contributed by atoms with Gasteiger partial charge in [-0.1, -0.05) is 42.5 Å². The lowest BCUT2D eigenvalue weighted by atomic mass is 10.0. The Bertz CT molecular complexity index is 701. The maximum atomic E-state index is 11.3. The molecule has 5 heteroatoms. The molecule has 0 amide bonds. The van der Waals surface area contributed by atoms with Gasteiger partial charge in [0.2, 0.25) is 0 Å². The molecule has 0 aliphatic heterocycles. The average molecular weight is 273 g/mol. The Morgan fingerprint density at radius 1 is 0.947 bits per heavy atom. The third kappa shape index (κ3) is 2.81. The van der Waals surface area contributed by atoms with Crippen LogP contribution in [-0.2, 0) is 9.84 Å². The molecule has 19 heavy (non-hydrogen) atoms. The van der Waals surface area contributed by atoms with E-state index >= 15 is 0 Å². The van der Waals surface area contributed by atoms with Crippen LogP contribution in [0.25, 0.3) is 0 Å². The topological polar surface area (TPSA) is 78.2 Å². The van der Waals surface area contributed by atoms with Crippen molar-refractivity contribution in [2.24, 2.45) is 0 Å². The standard InChI is InChI=1S/C14H11NO3S/c15-10-19(17,18)13-8-6-12(7-9-13)14(16)11-4-2-1-3-5-11/h1-9,14,16H. The minimum Gasteiger partial charge on any atom is -0.384 e. The molecule has 0 aromatic heterocycles. The summed E-state index contributed by atoms with van der Waals surface area (Å²) in [7, 11) is -3.88. The van der Waals surface area contributed by atoms with Crippen LogP contribution in [0.3, 0.4) is 0 Å². The molecule has 2 rings (SSSR count). The van der Waals surface area contributed by atoms with Crippen LogP contribution in [0.2, 0.25) is 0 Å². The smallest absolute Gasteiger partial charge is 0.269 e. The van der Waals surface area contributed by atoms with Gasteiger partial charge in [0.1, 0.15) is 6.10 Å². The molecule has 0 fully saturated rings. The Morgan fingerprint density at radius 2 is 1.47 bits per heavy atom. The Hall–Kier alpha value is -2.16. The summed E-state index contributed by atoms with van der Waals surface area (Å²) in [6, 6.07) is 14.7. The highest BCUT2D eigenvalue weighted by molar-refractivity contribution is 7.95. The number of hydrogen-bond acceptors (Lipinski definition) is 4. The molecule has 2 aromatic carbocycles. The Balaban J connectivity index is 2.32. The van der Waals surface area contributed by atoms with Crippen molar-refractivity contribution in [2.75, 3.05) is 0 Å². The molecule has 1 atom stereocenters. The zero-order valence-electron chi connectivity index (χ0n) is 9.89. The fourth-order valence-electron chi connectivity index (χ4n) is 1.71. The summed E-state index contributed by atoms with van der Waals surface area (Å²) in [4.78, 5) is -0.0704. The number of rotatable bonds is 3. The van der Waals surface area contributed by atoms with Crippen LogP contribution in [0.5, 0.6) is 0 Å². The second kappa shape index (κ2) is 5.22. The van der Waals surface area contributed by atoms with Gasteiger partial charge in [-0.3, -0.25) is 0 Å². The van der Waals surface area contributed by atoms with Crippen LogP contribution in [0.4, 0.5) is 0 Å². The molecule has 0 heterocycles. The van der Waals surface area contributed by atoms with Gasteiger partial charge in [-0.2, -0.15) is 5.26 Å². The number of benzene rings is 2. The molecule has 0 radical (unpaired) electrons. The van der Waals surface area contributed by atoms with Crippen LogP contribution in [0.1, 0.15) is 17.2 Å². The van der Waals surface area contributed by atoms with Gasteiger partial charge in [0.15, 0.2) is 5.40 Å². The summed E-state index contributed by atoms with van der Waals surface area (Å²) >= 11 is 0. The number of thiocyanates is 1. The zero-order chi connectivity index (χ0) is 13.9. The van der Waals surface area contributed by atoms with Gasteiger partial charge in [0, 0.05) is 0 Å². The molecule has 0 spiro atoms. The monoisotopic (exact) mass is 273 g/mol. The van der Waals surface area contributed by atoms with Gasteiger partial charge in [0.25, 0.3) is 9.84 Å². The van der Waals surface area contributed by atoms with Crippen molar-refractivity contribution in [3.05, 3.63) is 65.7 Å². The van der Waals surface area contributed by atoms with Crippen molar-refractivity contribution in [1.82, 2.24) is 0 Å². The van der Waals surface area contributed by atoms with Crippen LogP contribution in [0.15, 0.2) is 59.5 Å². The van der Waals surface area contributed by atoms with Gasteiger partial charge < -0.3 is 5.11 Å². The lowest BCUT2D eigenvalue weighted by Crippen LogP contribution is -2.01. The SMILES string of the molecule is N#CS(=O)(=O)c1ccc(C(O)c2ccccc2)cc1. The zero-order valence-corrected chi connectivity index (χ0v) is 10.7. The van der Waals surface area contributed by atoms with Crippen molar-refractivity contribution >= 4 is 9.84 Å². The first-order valence-electron chi connectivity index (χ1n) is 5.53. The van der Waals surface area contributed by atoms with Crippen molar-refractivity contribution in [3.63, 3.8) is 0 Å². The van der Waals surface area contributed by atoms with Crippen molar-refractivity contribution in [2.45, 2.75) is 11.0 Å². The summed E-state index contributed by atoms with van der Waals surface area (Å²) < 4.78 is 22.7. The minimum absolute atomic E-state index is 0.0704. The summed E-state index contributed by atoms with van der Waals surface area (Å²) in [6.45, 7) is 0. The summed E-state index contributed by atoms with van der Waals surface area (Å²) in [5, 5.41) is 19.9. The first kappa shape index (κ1) is 13.3. The van der Waals surface area contributed by atoms with E-state index in [4.69, 9.17) is 5.26 Å². The Labute approximate surface area is 111 Å². The van der Waals surface area contributed by atoms with Crippen LogP contribution in [-0.4, -0.2) is 13.5 Å². The maximum absolute atomic E-state index is 11.3. The normalized spacial score (nSPS) is 12.6. The largest absolute Gasteiger partial charge is 0.384 e. The number of nitrogens with zero attached hydrogens (tertiary/aromatic N) is 1. The quantitative estimate of drug-likeness (QED) is 0.685. The van der Waals surface area contributed by atoms with Gasteiger partial charge in [-0.05, 0) is 23.3 Å². The molecule has 0 saturated carbocycles. The third-order valence-corrected chi connectivity index (χ3v) is 3.87. The second-order valence-electron chi connectivity index (χ2n) is 3.98. The fourth-order valence-corrected chi connectivity index (χ4v) is 2.31. The highest BCUT2D eigenvalue weighted by atomic mass is 32.2. The second-order valence-corrected chi connectivity index (χ2v) is 5.64. The van der Waals surface area contributed by atoms with Crippen molar-refractivity contribution in [3.8, 4) is 5.40 Å². The third-order valence-electron chi connectivity index (χ3n) is 2.74. The predicted octanol–water partition coefficient (Wildman–Crippen LogP) is 2.02. The predicted molar refractivity (Wildman–Crippen MR) is 69.7 cm³/mol. The van der Waals surface area contributed by atoms with E-state index in [1.807, 2.05) is 18.2 Å². The maximum Gasteiger partial charge on any atom is 0.269 e. The fraction of sp³-hybridized carbons (Fsp3) is 0.0714. The Kier molecular flexibility index (Phi) is 3.65. The molecule has 0 bridgehead atoms. The van der Waals surface area contributed by atoms with Crippen LogP contribution >= 0.6 is 0 Å². The molecule has 4 nitrogen and oxygen atoms in total. The molecular formula is C14H11NO3S. The molecule has 1 unspecified atom stereocenters. The van der Waals surface area contributed by atoms with Crippen LogP contribution in [0, 0.1) is 10.7 Å². The highest BCUT2D eigenvalue weighted by Crippen LogP contribution is 2.23. The van der Waals surface area contributed by atoms with Gasteiger partial charge in [0.05, 0.1) is 4.90 Å². The number of nitriles is 1. The number of aliphatic hydroxyl groups is 1. The molecule has 0 aliphatic rings.